The van der Waals surface area contributed by atoms with E-state index < -0.39 is 16.1 Å². The lowest BCUT2D eigenvalue weighted by Crippen LogP contribution is -2.46. The minimum atomic E-state index is -3.49. The normalized spacial score (nSPS) is 24.5. The molecule has 1 aliphatic heterocycles. The van der Waals surface area contributed by atoms with Crippen LogP contribution in [0.25, 0.3) is 0 Å². The molecule has 1 saturated heterocycles. The zero-order valence-corrected chi connectivity index (χ0v) is 14.3. The number of rotatable bonds is 4. The summed E-state index contributed by atoms with van der Waals surface area (Å²) in [6, 6.07) is 6.93. The van der Waals surface area contributed by atoms with Gasteiger partial charge in [0.2, 0.25) is 10.0 Å². The zero-order valence-electron chi connectivity index (χ0n) is 13.5. The Hall–Kier alpha value is -1.17. The summed E-state index contributed by atoms with van der Waals surface area (Å²) >= 11 is 0. The molecule has 0 saturated carbocycles. The van der Waals surface area contributed by atoms with E-state index in [-0.39, 0.29) is 5.92 Å². The number of piperidine rings is 1. The van der Waals surface area contributed by atoms with E-state index in [1.165, 1.54) is 4.31 Å². The Morgan fingerprint density at radius 3 is 2.55 bits per heavy atom. The van der Waals surface area contributed by atoms with Crippen LogP contribution in [0, 0.1) is 12.8 Å². The Morgan fingerprint density at radius 2 is 2.00 bits per heavy atom. The van der Waals surface area contributed by atoms with Crippen LogP contribution in [0.15, 0.2) is 40.8 Å². The molecule has 0 bridgehead atoms. The third-order valence-electron chi connectivity index (χ3n) is 4.45. The summed E-state index contributed by atoms with van der Waals surface area (Å²) < 4.78 is 27.1. The first-order valence-corrected chi connectivity index (χ1v) is 9.24. The molecule has 1 aromatic carbocycles. The molecule has 0 aliphatic carbocycles. The smallest absolute Gasteiger partial charge is 0.243 e. The van der Waals surface area contributed by atoms with Crippen LogP contribution in [0.2, 0.25) is 0 Å². The third-order valence-corrected chi connectivity index (χ3v) is 6.33. The second-order valence-corrected chi connectivity index (χ2v) is 7.79. The number of allylic oxidation sites excluding steroid dienone is 1. The summed E-state index contributed by atoms with van der Waals surface area (Å²) in [4.78, 5) is 0.326. The van der Waals surface area contributed by atoms with Crippen LogP contribution in [0.3, 0.4) is 0 Å². The van der Waals surface area contributed by atoms with Crippen molar-refractivity contribution in [3.63, 3.8) is 0 Å². The van der Waals surface area contributed by atoms with E-state index >= 15 is 0 Å². The van der Waals surface area contributed by atoms with Crippen LogP contribution < -0.4 is 0 Å². The Morgan fingerprint density at radius 1 is 1.36 bits per heavy atom. The molecule has 122 valence electrons. The van der Waals surface area contributed by atoms with Gasteiger partial charge in [0, 0.05) is 19.0 Å². The van der Waals surface area contributed by atoms with Crippen LogP contribution in [-0.4, -0.2) is 37.0 Å². The molecule has 4 nitrogen and oxygen atoms in total. The molecule has 0 aromatic heterocycles. The highest BCUT2D eigenvalue weighted by Crippen LogP contribution is 2.29. The van der Waals surface area contributed by atoms with E-state index in [0.717, 1.165) is 17.6 Å². The van der Waals surface area contributed by atoms with E-state index in [2.05, 4.69) is 0 Å². The molecule has 1 N–H and O–H groups in total. The maximum atomic E-state index is 12.8. The van der Waals surface area contributed by atoms with E-state index in [9.17, 15) is 13.5 Å². The van der Waals surface area contributed by atoms with Gasteiger partial charge in [-0.05, 0) is 38.8 Å². The van der Waals surface area contributed by atoms with Crippen molar-refractivity contribution in [1.82, 2.24) is 4.31 Å². The fourth-order valence-electron chi connectivity index (χ4n) is 3.03. The van der Waals surface area contributed by atoms with Gasteiger partial charge in [0.1, 0.15) is 0 Å². The first-order valence-electron chi connectivity index (χ1n) is 7.80. The lowest BCUT2D eigenvalue weighted by atomic mass is 9.87. The summed E-state index contributed by atoms with van der Waals surface area (Å²) in [5.74, 6) is -0.107. The standard InChI is InChI=1S/C17H25NO3S/c1-4-14(5-2)16-12-18(11-10-17(16)19)22(20,21)15-8-6-13(3)7-9-15/h4,6-9,16-17,19H,5,10-12H2,1-3H3/b14-4-/t16-,17+/m1/s1. The van der Waals surface area contributed by atoms with Crippen molar-refractivity contribution in [3.8, 4) is 0 Å². The Kier molecular flexibility index (Phi) is 5.42. The molecule has 0 spiro atoms. The first-order chi connectivity index (χ1) is 10.4. The second-order valence-electron chi connectivity index (χ2n) is 5.86. The van der Waals surface area contributed by atoms with Crippen molar-refractivity contribution in [1.29, 1.82) is 0 Å². The van der Waals surface area contributed by atoms with Gasteiger partial charge in [0.05, 0.1) is 11.0 Å². The molecule has 1 aromatic rings. The summed E-state index contributed by atoms with van der Waals surface area (Å²) in [5.41, 5.74) is 2.16. The monoisotopic (exact) mass is 323 g/mol. The molecule has 1 heterocycles. The van der Waals surface area contributed by atoms with Gasteiger partial charge < -0.3 is 5.11 Å². The number of aliphatic hydroxyl groups is 1. The fourth-order valence-corrected chi connectivity index (χ4v) is 4.51. The highest BCUT2D eigenvalue weighted by molar-refractivity contribution is 7.89. The van der Waals surface area contributed by atoms with Gasteiger partial charge in [0.15, 0.2) is 0 Å². The van der Waals surface area contributed by atoms with Crippen molar-refractivity contribution in [2.75, 3.05) is 13.1 Å². The number of nitrogens with zero attached hydrogens (tertiary/aromatic N) is 1. The van der Waals surface area contributed by atoms with Crippen molar-refractivity contribution in [2.45, 2.75) is 44.6 Å². The number of aryl methyl sites for hydroxylation is 1. The molecule has 2 rings (SSSR count). The number of aliphatic hydroxyl groups excluding tert-OH is 1. The van der Waals surface area contributed by atoms with Gasteiger partial charge in [0.25, 0.3) is 0 Å². The van der Waals surface area contributed by atoms with E-state index in [1.807, 2.05) is 39.0 Å². The zero-order chi connectivity index (χ0) is 16.3. The molecular formula is C17H25NO3S. The van der Waals surface area contributed by atoms with E-state index in [0.29, 0.717) is 24.4 Å². The topological polar surface area (TPSA) is 57.6 Å². The van der Waals surface area contributed by atoms with Gasteiger partial charge >= 0.3 is 0 Å². The van der Waals surface area contributed by atoms with Crippen LogP contribution in [-0.2, 0) is 10.0 Å². The molecule has 0 amide bonds. The van der Waals surface area contributed by atoms with Crippen molar-refractivity contribution in [3.05, 3.63) is 41.5 Å². The van der Waals surface area contributed by atoms with Gasteiger partial charge in [-0.1, -0.05) is 36.3 Å². The van der Waals surface area contributed by atoms with E-state index in [4.69, 9.17) is 0 Å². The predicted molar refractivity (Wildman–Crippen MR) is 88.1 cm³/mol. The number of sulfonamides is 1. The molecule has 22 heavy (non-hydrogen) atoms. The van der Waals surface area contributed by atoms with Gasteiger partial charge in [-0.25, -0.2) is 8.42 Å². The maximum absolute atomic E-state index is 12.8. The molecule has 1 fully saturated rings. The van der Waals surface area contributed by atoms with Crippen molar-refractivity contribution < 1.29 is 13.5 Å². The quantitative estimate of drug-likeness (QED) is 0.867. The maximum Gasteiger partial charge on any atom is 0.243 e. The average molecular weight is 323 g/mol. The van der Waals surface area contributed by atoms with Crippen LogP contribution >= 0.6 is 0 Å². The summed E-state index contributed by atoms with van der Waals surface area (Å²) in [5, 5.41) is 10.2. The minimum absolute atomic E-state index is 0.107. The Bertz CT molecular complexity index is 634. The molecular weight excluding hydrogens is 298 g/mol. The van der Waals surface area contributed by atoms with Crippen molar-refractivity contribution >= 4 is 10.0 Å². The van der Waals surface area contributed by atoms with Crippen LogP contribution in [0.5, 0.6) is 0 Å². The fraction of sp³-hybridized carbons (Fsp3) is 0.529. The molecule has 5 heteroatoms. The lowest BCUT2D eigenvalue weighted by Gasteiger charge is -2.36. The van der Waals surface area contributed by atoms with Gasteiger partial charge in [-0.2, -0.15) is 4.31 Å². The number of benzene rings is 1. The van der Waals surface area contributed by atoms with Crippen molar-refractivity contribution in [2.24, 2.45) is 5.92 Å². The molecule has 0 unspecified atom stereocenters. The lowest BCUT2D eigenvalue weighted by molar-refractivity contribution is 0.0694. The third kappa shape index (κ3) is 3.42. The second kappa shape index (κ2) is 6.94. The molecule has 1 aliphatic rings. The average Bonchev–Trinajstić information content (AvgIpc) is 2.50. The highest BCUT2D eigenvalue weighted by atomic mass is 32.2. The Balaban J connectivity index is 2.26. The molecule has 2 atom stereocenters. The minimum Gasteiger partial charge on any atom is -0.392 e. The van der Waals surface area contributed by atoms with Crippen LogP contribution in [0.1, 0.15) is 32.3 Å². The van der Waals surface area contributed by atoms with Gasteiger partial charge in [-0.3, -0.25) is 0 Å². The predicted octanol–water partition coefficient (Wildman–Crippen LogP) is 2.72. The number of hydrogen-bond donors (Lipinski definition) is 1. The van der Waals surface area contributed by atoms with Gasteiger partial charge in [-0.15, -0.1) is 0 Å². The molecule has 0 radical (unpaired) electrons. The first kappa shape index (κ1) is 17.2. The summed E-state index contributed by atoms with van der Waals surface area (Å²) in [6.45, 7) is 6.64. The van der Waals surface area contributed by atoms with E-state index in [1.54, 1.807) is 12.1 Å². The highest BCUT2D eigenvalue weighted by Gasteiger charge is 2.35. The SMILES string of the molecule is C/C=C(/CC)[C@H]1CN(S(=O)(=O)c2ccc(C)cc2)CC[C@@H]1O. The Labute approximate surface area is 133 Å². The number of hydrogen-bond acceptors (Lipinski definition) is 3. The summed E-state index contributed by atoms with van der Waals surface area (Å²) in [7, 11) is -3.49. The summed E-state index contributed by atoms with van der Waals surface area (Å²) in [6.07, 6.45) is 2.84. The van der Waals surface area contributed by atoms with Crippen LogP contribution in [0.4, 0.5) is 0 Å². The largest absolute Gasteiger partial charge is 0.392 e.